The van der Waals surface area contributed by atoms with Gasteiger partial charge >= 0.3 is 0 Å². The van der Waals surface area contributed by atoms with Gasteiger partial charge in [-0.05, 0) is 36.8 Å². The van der Waals surface area contributed by atoms with Crippen LogP contribution in [0.1, 0.15) is 24.1 Å². The van der Waals surface area contributed by atoms with E-state index in [4.69, 9.17) is 0 Å². The number of benzene rings is 2. The van der Waals surface area contributed by atoms with Gasteiger partial charge in [0.1, 0.15) is 18.2 Å². The normalized spacial score (nSPS) is 17.6. The fraction of sp³-hybridized carbons (Fsp3) is 0.176. The number of halogens is 1. The molecule has 2 aromatic carbocycles. The molecule has 1 unspecified atom stereocenters. The van der Waals surface area contributed by atoms with E-state index in [0.717, 1.165) is 5.56 Å². The number of hydrogen-bond donors (Lipinski definition) is 2. The van der Waals surface area contributed by atoms with E-state index in [1.165, 1.54) is 18.2 Å². The Bertz CT molecular complexity index is 940. The van der Waals surface area contributed by atoms with E-state index in [-0.39, 0.29) is 35.0 Å². The SMILES string of the molecule is CC(NC(=O)CN=C1NS(=O)(=O)c2ccccc21)c1ccc(F)cc1. The molecule has 0 saturated heterocycles. The van der Waals surface area contributed by atoms with Gasteiger partial charge in [-0.25, -0.2) is 12.8 Å². The van der Waals surface area contributed by atoms with Gasteiger partial charge in [-0.1, -0.05) is 24.3 Å². The molecule has 1 amide bonds. The van der Waals surface area contributed by atoms with Crippen molar-refractivity contribution >= 4 is 21.8 Å². The van der Waals surface area contributed by atoms with Crippen LogP contribution in [-0.4, -0.2) is 26.7 Å². The van der Waals surface area contributed by atoms with Gasteiger partial charge in [-0.2, -0.15) is 0 Å². The number of carbonyl (C=O) groups is 1. The number of nitrogens with zero attached hydrogens (tertiary/aromatic N) is 1. The molecule has 6 nitrogen and oxygen atoms in total. The van der Waals surface area contributed by atoms with Gasteiger partial charge in [-0.15, -0.1) is 0 Å². The molecule has 1 atom stereocenters. The van der Waals surface area contributed by atoms with Crippen molar-refractivity contribution in [3.05, 3.63) is 65.5 Å². The van der Waals surface area contributed by atoms with Crippen molar-refractivity contribution in [3.8, 4) is 0 Å². The fourth-order valence-electron chi connectivity index (χ4n) is 2.52. The molecule has 0 bridgehead atoms. The van der Waals surface area contributed by atoms with Gasteiger partial charge in [0.25, 0.3) is 10.0 Å². The number of amides is 1. The molecule has 8 heteroatoms. The average Bonchev–Trinajstić information content (AvgIpc) is 2.85. The van der Waals surface area contributed by atoms with E-state index >= 15 is 0 Å². The quantitative estimate of drug-likeness (QED) is 0.870. The first kappa shape index (κ1) is 17.1. The Balaban J connectivity index is 1.68. The Kier molecular flexibility index (Phi) is 4.54. The third-order valence-corrected chi connectivity index (χ3v) is 5.19. The second kappa shape index (κ2) is 6.64. The first-order valence-corrected chi connectivity index (χ1v) is 9.06. The molecule has 1 aliphatic heterocycles. The molecule has 25 heavy (non-hydrogen) atoms. The molecular weight excluding hydrogens is 345 g/mol. The van der Waals surface area contributed by atoms with Gasteiger partial charge in [0.2, 0.25) is 5.91 Å². The van der Waals surface area contributed by atoms with Crippen molar-refractivity contribution in [2.45, 2.75) is 17.9 Å². The molecule has 0 aliphatic carbocycles. The summed E-state index contributed by atoms with van der Waals surface area (Å²) in [4.78, 5) is 16.3. The van der Waals surface area contributed by atoms with Gasteiger partial charge in [-0.3, -0.25) is 14.5 Å². The number of nitrogens with one attached hydrogen (secondary N) is 2. The summed E-state index contributed by atoms with van der Waals surface area (Å²) < 4.78 is 39.2. The molecule has 0 aromatic heterocycles. The predicted octanol–water partition coefficient (Wildman–Crippen LogP) is 1.74. The van der Waals surface area contributed by atoms with Gasteiger partial charge in [0.15, 0.2) is 0 Å². The minimum Gasteiger partial charge on any atom is -0.348 e. The highest BCUT2D eigenvalue weighted by Crippen LogP contribution is 2.22. The highest BCUT2D eigenvalue weighted by Gasteiger charge is 2.30. The smallest absolute Gasteiger partial charge is 0.263 e. The summed E-state index contributed by atoms with van der Waals surface area (Å²) >= 11 is 0. The van der Waals surface area contributed by atoms with Crippen LogP contribution >= 0.6 is 0 Å². The van der Waals surface area contributed by atoms with Crippen LogP contribution in [0.5, 0.6) is 0 Å². The van der Waals surface area contributed by atoms with Crippen LogP contribution in [0.3, 0.4) is 0 Å². The molecule has 0 saturated carbocycles. The van der Waals surface area contributed by atoms with Crippen molar-refractivity contribution < 1.29 is 17.6 Å². The Morgan fingerprint density at radius 2 is 1.88 bits per heavy atom. The van der Waals surface area contributed by atoms with Crippen LogP contribution in [0, 0.1) is 5.82 Å². The summed E-state index contributed by atoms with van der Waals surface area (Å²) in [5.74, 6) is -0.561. The van der Waals surface area contributed by atoms with Crippen LogP contribution in [-0.2, 0) is 14.8 Å². The number of aliphatic imine (C=N–C) groups is 1. The summed E-state index contributed by atoms with van der Waals surface area (Å²) in [6.07, 6.45) is 0. The third kappa shape index (κ3) is 3.69. The molecule has 2 N–H and O–H groups in total. The lowest BCUT2D eigenvalue weighted by Crippen LogP contribution is -2.30. The van der Waals surface area contributed by atoms with Crippen molar-refractivity contribution in [2.75, 3.05) is 6.54 Å². The second-order valence-electron chi connectivity index (χ2n) is 5.61. The fourth-order valence-corrected chi connectivity index (χ4v) is 3.78. The van der Waals surface area contributed by atoms with E-state index < -0.39 is 10.0 Å². The lowest BCUT2D eigenvalue weighted by molar-refractivity contribution is -0.120. The Morgan fingerprint density at radius 3 is 2.60 bits per heavy atom. The lowest BCUT2D eigenvalue weighted by atomic mass is 10.1. The lowest BCUT2D eigenvalue weighted by Gasteiger charge is -2.13. The minimum atomic E-state index is -3.62. The molecule has 3 rings (SSSR count). The zero-order chi connectivity index (χ0) is 18.0. The number of sulfonamides is 1. The van der Waals surface area contributed by atoms with Crippen LogP contribution in [0.4, 0.5) is 4.39 Å². The van der Waals surface area contributed by atoms with Crippen LogP contribution in [0.25, 0.3) is 0 Å². The maximum atomic E-state index is 12.9. The number of hydrogen-bond acceptors (Lipinski definition) is 4. The first-order valence-electron chi connectivity index (χ1n) is 7.58. The minimum absolute atomic E-state index is 0.147. The zero-order valence-electron chi connectivity index (χ0n) is 13.4. The van der Waals surface area contributed by atoms with E-state index in [9.17, 15) is 17.6 Å². The number of amidine groups is 1. The molecule has 130 valence electrons. The van der Waals surface area contributed by atoms with Gasteiger partial charge in [0, 0.05) is 5.56 Å². The summed E-state index contributed by atoms with van der Waals surface area (Å²) in [7, 11) is -3.62. The molecule has 2 aromatic rings. The molecule has 0 spiro atoms. The van der Waals surface area contributed by atoms with Crippen LogP contribution in [0.15, 0.2) is 58.4 Å². The van der Waals surface area contributed by atoms with Crippen LogP contribution in [0.2, 0.25) is 0 Å². The highest BCUT2D eigenvalue weighted by atomic mass is 32.2. The Labute approximate surface area is 144 Å². The van der Waals surface area contributed by atoms with Gasteiger partial charge < -0.3 is 5.32 Å². The van der Waals surface area contributed by atoms with Crippen molar-refractivity contribution in [1.82, 2.24) is 10.0 Å². The van der Waals surface area contributed by atoms with E-state index in [2.05, 4.69) is 15.0 Å². The molecule has 1 heterocycles. The molecule has 0 fully saturated rings. The standard InChI is InChI=1S/C17H16FN3O3S/c1-11(12-6-8-13(18)9-7-12)20-16(22)10-19-17-14-4-2-3-5-15(14)25(23,24)21-17/h2-9,11H,10H2,1H3,(H,19,21)(H,20,22). The maximum absolute atomic E-state index is 12.9. The van der Waals surface area contributed by atoms with E-state index in [1.54, 1.807) is 37.3 Å². The second-order valence-corrected chi connectivity index (χ2v) is 7.26. The number of fused-ring (bicyclic) bond motifs is 1. The summed E-state index contributed by atoms with van der Waals surface area (Å²) in [6, 6.07) is 11.9. The van der Waals surface area contributed by atoms with Gasteiger partial charge in [0.05, 0.1) is 10.9 Å². The topological polar surface area (TPSA) is 87.6 Å². The van der Waals surface area contributed by atoms with Crippen molar-refractivity contribution in [1.29, 1.82) is 0 Å². The number of carbonyl (C=O) groups excluding carboxylic acids is 1. The van der Waals surface area contributed by atoms with E-state index in [0.29, 0.717) is 5.56 Å². The zero-order valence-corrected chi connectivity index (χ0v) is 14.2. The Morgan fingerprint density at radius 1 is 1.20 bits per heavy atom. The average molecular weight is 361 g/mol. The molecule has 1 aliphatic rings. The summed E-state index contributed by atoms with van der Waals surface area (Å²) in [5, 5.41) is 2.74. The largest absolute Gasteiger partial charge is 0.348 e. The molecular formula is C17H16FN3O3S. The summed E-state index contributed by atoms with van der Waals surface area (Å²) in [6.45, 7) is 1.55. The first-order chi connectivity index (χ1) is 11.9. The number of rotatable bonds is 4. The van der Waals surface area contributed by atoms with Crippen LogP contribution < -0.4 is 10.0 Å². The van der Waals surface area contributed by atoms with Crippen molar-refractivity contribution in [2.24, 2.45) is 4.99 Å². The monoisotopic (exact) mass is 361 g/mol. The Hall–Kier alpha value is -2.74. The third-order valence-electron chi connectivity index (χ3n) is 3.79. The summed E-state index contributed by atoms with van der Waals surface area (Å²) in [5.41, 5.74) is 1.20. The predicted molar refractivity (Wildman–Crippen MR) is 91.1 cm³/mol. The van der Waals surface area contributed by atoms with E-state index in [1.807, 2.05) is 0 Å². The molecule has 0 radical (unpaired) electrons. The maximum Gasteiger partial charge on any atom is 0.263 e. The van der Waals surface area contributed by atoms with Crippen molar-refractivity contribution in [3.63, 3.8) is 0 Å². The highest BCUT2D eigenvalue weighted by molar-refractivity contribution is 7.90.